The second-order valence-electron chi connectivity index (χ2n) is 7.43. The smallest absolute Gasteiger partial charge is 0.119 e. The molecule has 30 heavy (non-hydrogen) atoms. The van der Waals surface area contributed by atoms with Crippen LogP contribution >= 0.6 is 11.6 Å². The molecule has 1 heterocycles. The highest BCUT2D eigenvalue weighted by molar-refractivity contribution is 7.93. The van der Waals surface area contributed by atoms with Crippen LogP contribution in [0.4, 0.5) is 0 Å². The van der Waals surface area contributed by atoms with E-state index < -0.39 is 9.73 Å². The van der Waals surface area contributed by atoms with E-state index in [2.05, 4.69) is 20.6 Å². The summed E-state index contributed by atoms with van der Waals surface area (Å²) in [6.07, 6.45) is 2.48. The third-order valence-electron chi connectivity index (χ3n) is 5.20. The minimum Gasteiger partial charge on any atom is -0.492 e. The Balaban J connectivity index is 1.50. The summed E-state index contributed by atoms with van der Waals surface area (Å²) in [5.74, 6) is 0.756. The van der Waals surface area contributed by atoms with Gasteiger partial charge < -0.3 is 15.0 Å². The van der Waals surface area contributed by atoms with Gasteiger partial charge in [-0.3, -0.25) is 0 Å². The number of benzene rings is 2. The Hall–Kier alpha value is -2.11. The van der Waals surface area contributed by atoms with E-state index >= 15 is 0 Å². The van der Waals surface area contributed by atoms with Gasteiger partial charge in [0.25, 0.3) is 0 Å². The lowest BCUT2D eigenvalue weighted by atomic mass is 10.1. The summed E-state index contributed by atoms with van der Waals surface area (Å²) in [5.41, 5.74) is 1.68. The minimum absolute atomic E-state index is 0.230. The Bertz CT molecular complexity index is 1030. The zero-order valence-corrected chi connectivity index (χ0v) is 18.9. The summed E-state index contributed by atoms with van der Waals surface area (Å²) in [6, 6.07) is 15.2. The fourth-order valence-corrected chi connectivity index (χ4v) is 4.56. The predicted molar refractivity (Wildman–Crippen MR) is 121 cm³/mol. The van der Waals surface area contributed by atoms with E-state index in [0.29, 0.717) is 22.1 Å². The van der Waals surface area contributed by atoms with Crippen molar-refractivity contribution in [2.24, 2.45) is 4.36 Å². The van der Waals surface area contributed by atoms with Crippen LogP contribution in [0.15, 0.2) is 51.7 Å². The Kier molecular flexibility index (Phi) is 7.73. The molecule has 6 nitrogen and oxygen atoms in total. The summed E-state index contributed by atoms with van der Waals surface area (Å²) < 4.78 is 22.2. The molecule has 0 radical (unpaired) electrons. The van der Waals surface area contributed by atoms with Crippen molar-refractivity contribution in [3.63, 3.8) is 0 Å². The van der Waals surface area contributed by atoms with Gasteiger partial charge in [-0.15, -0.1) is 0 Å². The third kappa shape index (κ3) is 6.19. The molecule has 2 atom stereocenters. The van der Waals surface area contributed by atoms with Crippen molar-refractivity contribution in [1.82, 2.24) is 10.2 Å². The van der Waals surface area contributed by atoms with Gasteiger partial charge in [-0.2, -0.15) is 5.26 Å². The van der Waals surface area contributed by atoms with Gasteiger partial charge in [0, 0.05) is 49.4 Å². The van der Waals surface area contributed by atoms with Crippen molar-refractivity contribution in [1.29, 1.82) is 5.26 Å². The highest BCUT2D eigenvalue weighted by Gasteiger charge is 2.20. The van der Waals surface area contributed by atoms with Crippen LogP contribution < -0.4 is 10.1 Å². The molecule has 2 aromatic carbocycles. The molecule has 2 aromatic rings. The quantitative estimate of drug-likeness (QED) is 0.706. The molecule has 8 heteroatoms. The Morgan fingerprint density at radius 2 is 2.10 bits per heavy atom. The number of halogens is 1. The monoisotopic (exact) mass is 446 g/mol. The molecule has 1 aliphatic rings. The minimum atomic E-state index is -2.32. The fraction of sp³-hybridized carbons (Fsp3) is 0.409. The van der Waals surface area contributed by atoms with Crippen molar-refractivity contribution >= 4 is 21.3 Å². The molecular weight excluding hydrogens is 420 g/mol. The maximum Gasteiger partial charge on any atom is 0.119 e. The van der Waals surface area contributed by atoms with Gasteiger partial charge in [-0.25, -0.2) is 8.57 Å². The molecule has 1 fully saturated rings. The molecule has 0 spiro atoms. The normalized spacial score (nSPS) is 18.9. The molecule has 0 saturated carbocycles. The van der Waals surface area contributed by atoms with Crippen molar-refractivity contribution in [3.05, 3.63) is 58.6 Å². The molecule has 1 saturated heterocycles. The van der Waals surface area contributed by atoms with Crippen LogP contribution in [0.3, 0.4) is 0 Å². The summed E-state index contributed by atoms with van der Waals surface area (Å²) in [5, 5.41) is 13.2. The summed E-state index contributed by atoms with van der Waals surface area (Å²) >= 11 is 6.10. The molecule has 160 valence electrons. The number of nitrogens with one attached hydrogen (secondary N) is 1. The molecule has 1 unspecified atom stereocenters. The number of rotatable bonds is 7. The van der Waals surface area contributed by atoms with E-state index in [1.165, 1.54) is 0 Å². The Morgan fingerprint density at radius 1 is 1.33 bits per heavy atom. The highest BCUT2D eigenvalue weighted by atomic mass is 35.5. The van der Waals surface area contributed by atoms with Gasteiger partial charge in [0.05, 0.1) is 27.4 Å². The van der Waals surface area contributed by atoms with Crippen molar-refractivity contribution in [2.75, 3.05) is 46.1 Å². The lowest BCUT2D eigenvalue weighted by Crippen LogP contribution is -2.53. The van der Waals surface area contributed by atoms with Gasteiger partial charge in [-0.1, -0.05) is 11.6 Å². The van der Waals surface area contributed by atoms with E-state index in [-0.39, 0.29) is 6.04 Å². The summed E-state index contributed by atoms with van der Waals surface area (Å²) in [4.78, 5) is 3.11. The van der Waals surface area contributed by atoms with Crippen LogP contribution in [-0.4, -0.2) is 61.2 Å². The lowest BCUT2D eigenvalue weighted by Gasteiger charge is -2.33. The number of nitrogens with zero attached hydrogens (tertiary/aromatic N) is 3. The van der Waals surface area contributed by atoms with E-state index in [1.54, 1.807) is 19.4 Å². The zero-order valence-electron chi connectivity index (χ0n) is 17.3. The van der Waals surface area contributed by atoms with Crippen molar-refractivity contribution < 1.29 is 8.95 Å². The van der Waals surface area contributed by atoms with E-state index in [4.69, 9.17) is 21.6 Å². The van der Waals surface area contributed by atoms with Crippen molar-refractivity contribution in [2.45, 2.75) is 17.4 Å². The number of ether oxygens (including phenoxy) is 1. The van der Waals surface area contributed by atoms with Gasteiger partial charge in [0.1, 0.15) is 12.4 Å². The number of hydrogen-bond donors (Lipinski definition) is 1. The average molecular weight is 447 g/mol. The summed E-state index contributed by atoms with van der Waals surface area (Å²) in [7, 11) is -0.748. The molecule has 0 amide bonds. The van der Waals surface area contributed by atoms with Crippen LogP contribution in [0.5, 0.6) is 5.75 Å². The maximum atomic E-state index is 12.3. The zero-order chi connectivity index (χ0) is 21.6. The first-order chi connectivity index (χ1) is 14.4. The van der Waals surface area contributed by atoms with Crippen LogP contribution in [0, 0.1) is 11.3 Å². The Labute approximate surface area is 184 Å². The molecule has 0 aromatic heterocycles. The first-order valence-electron chi connectivity index (χ1n) is 9.88. The molecule has 0 aliphatic carbocycles. The van der Waals surface area contributed by atoms with E-state index in [9.17, 15) is 4.21 Å². The topological polar surface area (TPSA) is 77.7 Å². The second-order valence-corrected chi connectivity index (χ2v) is 10.3. The number of nitriles is 1. The molecule has 0 bridgehead atoms. The van der Waals surface area contributed by atoms with Gasteiger partial charge in [0.15, 0.2) is 0 Å². The molecule has 3 rings (SSSR count). The maximum absolute atomic E-state index is 12.3. The van der Waals surface area contributed by atoms with Crippen LogP contribution in [0.25, 0.3) is 0 Å². The predicted octanol–water partition coefficient (Wildman–Crippen LogP) is 3.19. The van der Waals surface area contributed by atoms with E-state index in [1.807, 2.05) is 36.4 Å². The fourth-order valence-electron chi connectivity index (χ4n) is 3.45. The lowest BCUT2D eigenvalue weighted by molar-refractivity contribution is 0.159. The third-order valence-corrected chi connectivity index (χ3v) is 7.27. The molecule has 1 N–H and O–H groups in total. The van der Waals surface area contributed by atoms with E-state index in [0.717, 1.165) is 43.9 Å². The first-order valence-corrected chi connectivity index (χ1v) is 12.2. The highest BCUT2D eigenvalue weighted by Crippen LogP contribution is 2.18. The standard InChI is InChI=1S/C22H27ClN4O2S/c1-25-30(2,28)22-5-3-21(4-6-22)29-16-20-15-27(10-8-26-20)9-7-17-11-18(14-24)13-19(23)12-17/h3-6,11-13,20,26H,7-10,15-16H2,1-2H3/t20-,30?/m0/s1. The summed E-state index contributed by atoms with van der Waals surface area (Å²) in [6.45, 7) is 4.24. The van der Waals surface area contributed by atoms with Gasteiger partial charge >= 0.3 is 0 Å². The van der Waals surface area contributed by atoms with Gasteiger partial charge in [-0.05, 0) is 54.4 Å². The first kappa shape index (κ1) is 22.6. The van der Waals surface area contributed by atoms with Crippen molar-refractivity contribution in [3.8, 4) is 11.8 Å². The Morgan fingerprint density at radius 3 is 2.80 bits per heavy atom. The van der Waals surface area contributed by atoms with Crippen LogP contribution in [0.2, 0.25) is 5.02 Å². The molecular formula is C22H27ClN4O2S. The van der Waals surface area contributed by atoms with Crippen LogP contribution in [-0.2, 0) is 16.1 Å². The van der Waals surface area contributed by atoms with Crippen LogP contribution in [0.1, 0.15) is 11.1 Å². The second kappa shape index (κ2) is 10.3. The number of piperazine rings is 1. The molecule has 1 aliphatic heterocycles. The largest absolute Gasteiger partial charge is 0.492 e. The van der Waals surface area contributed by atoms with Gasteiger partial charge in [0.2, 0.25) is 0 Å². The average Bonchev–Trinajstić information content (AvgIpc) is 2.76. The number of hydrogen-bond acceptors (Lipinski definition) is 6. The SMILES string of the molecule is CN=S(C)(=O)c1ccc(OC[C@@H]2CN(CCc3cc(Cl)cc(C#N)c3)CCN2)cc1.